The Morgan fingerprint density at radius 1 is 1.18 bits per heavy atom. The molecular weight excluding hydrogens is 208 g/mol. The average Bonchev–Trinajstić information content (AvgIpc) is 2.49. The molecule has 1 rings (SSSR count). The second kappa shape index (κ2) is 8.10. The minimum Gasteiger partial charge on any atom is -0.330 e. The van der Waals surface area contributed by atoms with E-state index in [0.717, 1.165) is 31.0 Å². The van der Waals surface area contributed by atoms with Crippen LogP contribution in [0.15, 0.2) is 0 Å². The second-order valence-electron chi connectivity index (χ2n) is 6.45. The van der Waals surface area contributed by atoms with E-state index in [-0.39, 0.29) is 0 Å². The molecule has 0 radical (unpaired) electrons. The lowest BCUT2D eigenvalue weighted by atomic mass is 9.96. The summed E-state index contributed by atoms with van der Waals surface area (Å²) in [6.07, 6.45) is 8.20. The zero-order chi connectivity index (χ0) is 12.7. The third-order valence-corrected chi connectivity index (χ3v) is 4.09. The number of nitrogens with one attached hydrogen (secondary N) is 1. The van der Waals surface area contributed by atoms with Crippen molar-refractivity contribution in [3.05, 3.63) is 0 Å². The topological polar surface area (TPSA) is 38.0 Å². The van der Waals surface area contributed by atoms with Gasteiger partial charge in [-0.2, -0.15) is 0 Å². The van der Waals surface area contributed by atoms with Crippen molar-refractivity contribution in [2.24, 2.45) is 23.5 Å². The summed E-state index contributed by atoms with van der Waals surface area (Å²) in [5, 5.41) is 3.76. The molecule has 3 N–H and O–H groups in total. The Balaban J connectivity index is 2.23. The van der Waals surface area contributed by atoms with Gasteiger partial charge in [0.25, 0.3) is 0 Å². The fraction of sp³-hybridized carbons (Fsp3) is 1.00. The molecule has 1 aliphatic rings. The molecule has 3 unspecified atom stereocenters. The SMILES string of the molecule is CC(C)CC(CN)CNC1CCCC(C)CC1. The summed E-state index contributed by atoms with van der Waals surface area (Å²) >= 11 is 0. The molecule has 1 aliphatic carbocycles. The molecule has 0 saturated heterocycles. The zero-order valence-corrected chi connectivity index (χ0v) is 12.0. The number of hydrogen-bond acceptors (Lipinski definition) is 2. The largest absolute Gasteiger partial charge is 0.330 e. The molecule has 0 heterocycles. The van der Waals surface area contributed by atoms with Crippen LogP contribution in [0.2, 0.25) is 0 Å². The quantitative estimate of drug-likeness (QED) is 0.700. The Bertz CT molecular complexity index is 191. The van der Waals surface area contributed by atoms with Crippen LogP contribution in [0.4, 0.5) is 0 Å². The van der Waals surface area contributed by atoms with Gasteiger partial charge in [-0.25, -0.2) is 0 Å². The van der Waals surface area contributed by atoms with E-state index >= 15 is 0 Å². The molecule has 3 atom stereocenters. The van der Waals surface area contributed by atoms with Crippen molar-refractivity contribution in [3.63, 3.8) is 0 Å². The maximum atomic E-state index is 5.85. The van der Waals surface area contributed by atoms with Gasteiger partial charge in [0.2, 0.25) is 0 Å². The van der Waals surface area contributed by atoms with Crippen LogP contribution in [0.5, 0.6) is 0 Å². The van der Waals surface area contributed by atoms with E-state index in [1.165, 1.54) is 38.5 Å². The minimum atomic E-state index is 0.663. The van der Waals surface area contributed by atoms with Gasteiger partial charge in [0.05, 0.1) is 0 Å². The van der Waals surface area contributed by atoms with Gasteiger partial charge in [0.1, 0.15) is 0 Å². The standard InChI is InChI=1S/C15H32N2/c1-12(2)9-14(10-16)11-17-15-6-4-5-13(3)7-8-15/h12-15,17H,4-11,16H2,1-3H3. The normalized spacial score (nSPS) is 28.1. The average molecular weight is 240 g/mol. The Hall–Kier alpha value is -0.0800. The smallest absolute Gasteiger partial charge is 0.00672 e. The van der Waals surface area contributed by atoms with Crippen molar-refractivity contribution in [2.45, 2.75) is 65.3 Å². The lowest BCUT2D eigenvalue weighted by Gasteiger charge is -2.22. The highest BCUT2D eigenvalue weighted by molar-refractivity contribution is 4.75. The summed E-state index contributed by atoms with van der Waals surface area (Å²) in [5.41, 5.74) is 5.85. The summed E-state index contributed by atoms with van der Waals surface area (Å²) in [6.45, 7) is 8.91. The predicted molar refractivity (Wildman–Crippen MR) is 76.0 cm³/mol. The first-order valence-corrected chi connectivity index (χ1v) is 7.55. The summed E-state index contributed by atoms with van der Waals surface area (Å²) in [6, 6.07) is 0.751. The summed E-state index contributed by atoms with van der Waals surface area (Å²) in [4.78, 5) is 0. The van der Waals surface area contributed by atoms with Gasteiger partial charge in [-0.3, -0.25) is 0 Å². The molecule has 2 nitrogen and oxygen atoms in total. The van der Waals surface area contributed by atoms with Gasteiger partial charge >= 0.3 is 0 Å². The predicted octanol–water partition coefficient (Wildman–Crippen LogP) is 3.17. The first kappa shape index (κ1) is 15.0. The first-order valence-electron chi connectivity index (χ1n) is 7.55. The van der Waals surface area contributed by atoms with Crippen LogP contribution in [-0.4, -0.2) is 19.1 Å². The van der Waals surface area contributed by atoms with E-state index in [4.69, 9.17) is 5.73 Å². The van der Waals surface area contributed by atoms with Crippen molar-refractivity contribution >= 4 is 0 Å². The van der Waals surface area contributed by atoms with Crippen molar-refractivity contribution in [1.29, 1.82) is 0 Å². The Kier molecular flexibility index (Phi) is 7.14. The van der Waals surface area contributed by atoms with Crippen LogP contribution >= 0.6 is 0 Å². The number of hydrogen-bond donors (Lipinski definition) is 2. The van der Waals surface area contributed by atoms with Gasteiger partial charge in [-0.05, 0) is 56.5 Å². The van der Waals surface area contributed by atoms with E-state index in [1.807, 2.05) is 0 Å². The van der Waals surface area contributed by atoms with Crippen LogP contribution in [-0.2, 0) is 0 Å². The Labute approximate surface area is 108 Å². The molecular formula is C15H32N2. The van der Waals surface area contributed by atoms with Crippen LogP contribution in [0.25, 0.3) is 0 Å². The molecule has 0 aliphatic heterocycles. The molecule has 0 bridgehead atoms. The molecule has 1 fully saturated rings. The third kappa shape index (κ3) is 6.42. The number of rotatable bonds is 6. The highest BCUT2D eigenvalue weighted by atomic mass is 14.9. The Morgan fingerprint density at radius 3 is 2.59 bits per heavy atom. The van der Waals surface area contributed by atoms with Crippen molar-refractivity contribution in [1.82, 2.24) is 5.32 Å². The van der Waals surface area contributed by atoms with Gasteiger partial charge in [-0.15, -0.1) is 0 Å². The van der Waals surface area contributed by atoms with E-state index in [2.05, 4.69) is 26.1 Å². The van der Waals surface area contributed by atoms with Crippen LogP contribution in [0.1, 0.15) is 59.3 Å². The van der Waals surface area contributed by atoms with Crippen molar-refractivity contribution in [3.8, 4) is 0 Å². The van der Waals surface area contributed by atoms with E-state index in [9.17, 15) is 0 Å². The molecule has 1 saturated carbocycles. The number of nitrogens with two attached hydrogens (primary N) is 1. The van der Waals surface area contributed by atoms with Gasteiger partial charge < -0.3 is 11.1 Å². The lowest BCUT2D eigenvalue weighted by Crippen LogP contribution is -2.36. The summed E-state index contributed by atoms with van der Waals surface area (Å²) in [7, 11) is 0. The van der Waals surface area contributed by atoms with Crippen LogP contribution in [0, 0.1) is 17.8 Å². The molecule has 2 heteroatoms. The molecule has 0 aromatic rings. The third-order valence-electron chi connectivity index (χ3n) is 4.09. The van der Waals surface area contributed by atoms with E-state index in [0.29, 0.717) is 5.92 Å². The lowest BCUT2D eigenvalue weighted by molar-refractivity contribution is 0.356. The molecule has 0 aromatic carbocycles. The first-order chi connectivity index (χ1) is 8.11. The highest BCUT2D eigenvalue weighted by Gasteiger charge is 2.17. The van der Waals surface area contributed by atoms with Gasteiger partial charge in [-0.1, -0.05) is 33.6 Å². The molecule has 0 aromatic heterocycles. The van der Waals surface area contributed by atoms with Gasteiger partial charge in [0.15, 0.2) is 0 Å². The maximum Gasteiger partial charge on any atom is 0.00672 e. The highest BCUT2D eigenvalue weighted by Crippen LogP contribution is 2.22. The monoisotopic (exact) mass is 240 g/mol. The fourth-order valence-electron chi connectivity index (χ4n) is 2.95. The second-order valence-corrected chi connectivity index (χ2v) is 6.45. The fourth-order valence-corrected chi connectivity index (χ4v) is 2.95. The summed E-state index contributed by atoms with van der Waals surface area (Å²) < 4.78 is 0. The van der Waals surface area contributed by atoms with E-state index < -0.39 is 0 Å². The molecule has 102 valence electrons. The minimum absolute atomic E-state index is 0.663. The Morgan fingerprint density at radius 2 is 1.94 bits per heavy atom. The van der Waals surface area contributed by atoms with Crippen molar-refractivity contribution < 1.29 is 0 Å². The van der Waals surface area contributed by atoms with Crippen LogP contribution in [0.3, 0.4) is 0 Å². The van der Waals surface area contributed by atoms with Crippen molar-refractivity contribution in [2.75, 3.05) is 13.1 Å². The van der Waals surface area contributed by atoms with Gasteiger partial charge in [0, 0.05) is 6.04 Å². The zero-order valence-electron chi connectivity index (χ0n) is 12.0. The molecule has 17 heavy (non-hydrogen) atoms. The maximum absolute atomic E-state index is 5.85. The summed E-state index contributed by atoms with van der Waals surface area (Å²) in [5.74, 6) is 2.36. The van der Waals surface area contributed by atoms with E-state index in [1.54, 1.807) is 0 Å². The molecule has 0 amide bonds. The van der Waals surface area contributed by atoms with Crippen LogP contribution < -0.4 is 11.1 Å². The molecule has 0 spiro atoms.